The van der Waals surface area contributed by atoms with Crippen LogP contribution < -0.4 is 10.6 Å². The molecule has 4 bridgehead atoms. The molecule has 5 atom stereocenters. The van der Waals surface area contributed by atoms with Crippen LogP contribution in [0.2, 0.25) is 0 Å². The van der Waals surface area contributed by atoms with Crippen LogP contribution in [-0.2, 0) is 25.6 Å². The highest BCUT2D eigenvalue weighted by Gasteiger charge is 2.51. The molecule has 2 aromatic carbocycles. The number of esters is 1. The SMILES string of the molecule is C[C@H]1[C@@H](CN2CCC[C@H]2C(=O)OC(C)(C)C)O[C@@H](c2cccc(NC(=O)NC34CC5CC(CC(C5)C3)C4)c2)O[C@H]1c1ccc(CO)cc1. The van der Waals surface area contributed by atoms with E-state index in [0.717, 1.165) is 73.1 Å². The van der Waals surface area contributed by atoms with Gasteiger partial charge in [-0.05, 0) is 120 Å². The molecule has 4 aliphatic carbocycles. The van der Waals surface area contributed by atoms with E-state index in [1.165, 1.54) is 19.3 Å². The van der Waals surface area contributed by atoms with E-state index in [9.17, 15) is 14.7 Å². The van der Waals surface area contributed by atoms with E-state index in [1.807, 2.05) is 69.3 Å². The maximum Gasteiger partial charge on any atom is 0.323 e. The lowest BCUT2D eigenvalue weighted by Crippen LogP contribution is -2.60. The zero-order chi connectivity index (χ0) is 33.6. The molecule has 6 fully saturated rings. The number of amides is 2. The molecule has 2 aromatic rings. The van der Waals surface area contributed by atoms with Gasteiger partial charge in [-0.1, -0.05) is 43.3 Å². The Bertz CT molecular complexity index is 1440. The number of urea groups is 1. The number of benzene rings is 2. The van der Waals surface area contributed by atoms with Crippen LogP contribution in [0.1, 0.15) is 108 Å². The van der Waals surface area contributed by atoms with Crippen LogP contribution in [0.5, 0.6) is 0 Å². The third-order valence-corrected chi connectivity index (χ3v) is 11.4. The molecular weight excluding hydrogens is 606 g/mol. The second kappa shape index (κ2) is 13.4. The molecule has 48 heavy (non-hydrogen) atoms. The summed E-state index contributed by atoms with van der Waals surface area (Å²) in [4.78, 5) is 28.8. The van der Waals surface area contributed by atoms with Crippen LogP contribution in [0.3, 0.4) is 0 Å². The van der Waals surface area contributed by atoms with E-state index in [4.69, 9.17) is 14.2 Å². The zero-order valence-corrected chi connectivity index (χ0v) is 29.0. The predicted octanol–water partition coefficient (Wildman–Crippen LogP) is 6.87. The molecule has 260 valence electrons. The molecule has 0 spiro atoms. The predicted molar refractivity (Wildman–Crippen MR) is 183 cm³/mol. The molecule has 2 saturated heterocycles. The summed E-state index contributed by atoms with van der Waals surface area (Å²) in [7, 11) is 0. The van der Waals surface area contributed by atoms with Crippen molar-refractivity contribution in [2.24, 2.45) is 23.7 Å². The highest BCUT2D eigenvalue weighted by atomic mass is 16.7. The van der Waals surface area contributed by atoms with Gasteiger partial charge in [-0.25, -0.2) is 4.79 Å². The Labute approximate surface area is 285 Å². The fourth-order valence-electron chi connectivity index (χ4n) is 9.67. The number of ether oxygens (including phenoxy) is 3. The largest absolute Gasteiger partial charge is 0.459 e. The Morgan fingerprint density at radius 1 is 0.979 bits per heavy atom. The molecular formula is C39H53N3O6. The molecule has 8 rings (SSSR count). The van der Waals surface area contributed by atoms with Gasteiger partial charge in [0.25, 0.3) is 0 Å². The van der Waals surface area contributed by atoms with Crippen molar-refractivity contribution >= 4 is 17.7 Å². The van der Waals surface area contributed by atoms with E-state index in [-0.39, 0.29) is 48.3 Å². The lowest BCUT2D eigenvalue weighted by atomic mass is 9.53. The van der Waals surface area contributed by atoms with E-state index in [2.05, 4.69) is 22.5 Å². The monoisotopic (exact) mass is 659 g/mol. The minimum atomic E-state index is -0.677. The number of hydrogen-bond acceptors (Lipinski definition) is 7. The molecule has 6 aliphatic rings. The number of hydrogen-bond donors (Lipinski definition) is 3. The van der Waals surface area contributed by atoms with E-state index in [1.54, 1.807) is 0 Å². The number of anilines is 1. The highest BCUT2D eigenvalue weighted by Crippen LogP contribution is 2.55. The van der Waals surface area contributed by atoms with Gasteiger partial charge in [0.1, 0.15) is 11.6 Å². The number of likely N-dealkylation sites (tertiary alicyclic amines) is 1. The number of carbonyl (C=O) groups is 2. The van der Waals surface area contributed by atoms with Gasteiger partial charge in [0.05, 0.1) is 18.8 Å². The van der Waals surface area contributed by atoms with Gasteiger partial charge >= 0.3 is 12.0 Å². The summed E-state index contributed by atoms with van der Waals surface area (Å²) in [5, 5.41) is 16.2. The Morgan fingerprint density at radius 2 is 1.67 bits per heavy atom. The van der Waals surface area contributed by atoms with Crippen molar-refractivity contribution in [3.05, 3.63) is 65.2 Å². The summed E-state index contributed by atoms with van der Waals surface area (Å²) in [6.45, 7) is 9.20. The van der Waals surface area contributed by atoms with Crippen LogP contribution in [0.4, 0.5) is 10.5 Å². The second-order valence-electron chi connectivity index (χ2n) is 16.4. The number of nitrogens with one attached hydrogen (secondary N) is 2. The average Bonchev–Trinajstić information content (AvgIpc) is 3.49. The maximum atomic E-state index is 13.4. The van der Waals surface area contributed by atoms with Crippen LogP contribution in [0.15, 0.2) is 48.5 Å². The van der Waals surface area contributed by atoms with Crippen LogP contribution in [0, 0.1) is 23.7 Å². The van der Waals surface area contributed by atoms with Gasteiger partial charge in [-0.15, -0.1) is 0 Å². The summed E-state index contributed by atoms with van der Waals surface area (Å²) >= 11 is 0. The molecule has 0 radical (unpaired) electrons. The van der Waals surface area contributed by atoms with Crippen molar-refractivity contribution in [3.63, 3.8) is 0 Å². The summed E-state index contributed by atoms with van der Waals surface area (Å²) in [6.07, 6.45) is 7.80. The van der Waals surface area contributed by atoms with Crippen molar-refractivity contribution in [3.8, 4) is 0 Å². The Kier molecular flexibility index (Phi) is 9.34. The first-order chi connectivity index (χ1) is 23.0. The molecule has 9 nitrogen and oxygen atoms in total. The number of nitrogens with zero attached hydrogens (tertiary/aromatic N) is 1. The smallest absolute Gasteiger partial charge is 0.323 e. The summed E-state index contributed by atoms with van der Waals surface area (Å²) < 4.78 is 19.2. The highest BCUT2D eigenvalue weighted by molar-refractivity contribution is 5.90. The van der Waals surface area contributed by atoms with Crippen molar-refractivity contribution < 1.29 is 28.9 Å². The molecule has 2 aliphatic heterocycles. The minimum Gasteiger partial charge on any atom is -0.459 e. The average molecular weight is 660 g/mol. The summed E-state index contributed by atoms with van der Waals surface area (Å²) in [5.74, 6) is 2.06. The van der Waals surface area contributed by atoms with E-state index in [0.29, 0.717) is 12.2 Å². The zero-order valence-electron chi connectivity index (χ0n) is 29.0. The summed E-state index contributed by atoms with van der Waals surface area (Å²) in [6, 6.07) is 15.2. The van der Waals surface area contributed by atoms with E-state index >= 15 is 0 Å². The van der Waals surface area contributed by atoms with Crippen LogP contribution in [0.25, 0.3) is 0 Å². The standard InChI is InChI=1S/C39H53N3O6/c1-24-33(22-42-14-6-9-32(42)35(44)48-38(2,3)4)46-36(47-34(24)29-12-10-25(23-43)11-13-29)30-7-5-8-31(18-30)40-37(45)41-39-19-26-15-27(20-39)17-28(16-26)21-39/h5,7-8,10-13,18,24,26-28,32-34,36,43H,6,9,14-17,19-23H2,1-4H3,(H2,40,41,45)/t24-,26?,27?,28?,32-,33+,34+,36+,39?/m0/s1. The Hall–Kier alpha value is -2.98. The molecule has 0 aromatic heterocycles. The second-order valence-corrected chi connectivity index (χ2v) is 16.4. The lowest BCUT2D eigenvalue weighted by molar-refractivity contribution is -0.276. The lowest BCUT2D eigenvalue weighted by Gasteiger charge is -2.56. The van der Waals surface area contributed by atoms with E-state index < -0.39 is 11.9 Å². The minimum absolute atomic E-state index is 0.0199. The van der Waals surface area contributed by atoms with Crippen LogP contribution >= 0.6 is 0 Å². The molecule has 2 heterocycles. The fourth-order valence-corrected chi connectivity index (χ4v) is 9.67. The molecule has 9 heteroatoms. The number of aliphatic hydroxyl groups is 1. The first-order valence-corrected chi connectivity index (χ1v) is 18.1. The number of aliphatic hydroxyl groups excluding tert-OH is 1. The first-order valence-electron chi connectivity index (χ1n) is 18.1. The summed E-state index contributed by atoms with van der Waals surface area (Å²) in [5.41, 5.74) is 2.76. The molecule has 0 unspecified atom stereocenters. The van der Waals surface area contributed by atoms with Gasteiger partial charge in [0.2, 0.25) is 0 Å². The van der Waals surface area contributed by atoms with Gasteiger partial charge in [0.15, 0.2) is 6.29 Å². The molecule has 2 amide bonds. The third kappa shape index (κ3) is 7.30. The number of carbonyl (C=O) groups excluding carboxylic acids is 2. The Morgan fingerprint density at radius 3 is 2.31 bits per heavy atom. The van der Waals surface area contributed by atoms with Gasteiger partial charge in [-0.3, -0.25) is 9.69 Å². The van der Waals surface area contributed by atoms with Gasteiger partial charge < -0.3 is 30.0 Å². The van der Waals surface area contributed by atoms with Crippen molar-refractivity contribution in [2.45, 2.75) is 121 Å². The van der Waals surface area contributed by atoms with Crippen LogP contribution in [-0.4, -0.2) is 58.4 Å². The fraction of sp³-hybridized carbons (Fsp3) is 0.641. The third-order valence-electron chi connectivity index (χ3n) is 11.4. The number of rotatable bonds is 8. The molecule has 4 saturated carbocycles. The van der Waals surface area contributed by atoms with Gasteiger partial charge in [-0.2, -0.15) is 0 Å². The maximum absolute atomic E-state index is 13.4. The topological polar surface area (TPSA) is 109 Å². The Balaban J connectivity index is 1.08. The van der Waals surface area contributed by atoms with Crippen molar-refractivity contribution in [1.29, 1.82) is 0 Å². The van der Waals surface area contributed by atoms with Gasteiger partial charge in [0, 0.05) is 29.3 Å². The molecule has 3 N–H and O–H groups in total. The normalized spacial score (nSPS) is 34.6. The van der Waals surface area contributed by atoms with Crippen molar-refractivity contribution in [2.75, 3.05) is 18.4 Å². The first kappa shape index (κ1) is 33.5. The van der Waals surface area contributed by atoms with Crippen molar-refractivity contribution in [1.82, 2.24) is 10.2 Å². The quantitative estimate of drug-likeness (QED) is 0.266.